The van der Waals surface area contributed by atoms with Gasteiger partial charge in [0, 0.05) is 43.8 Å². The normalized spacial score (nSPS) is 15.1. The van der Waals surface area contributed by atoms with Crippen molar-refractivity contribution in [3.63, 3.8) is 0 Å². The molecule has 0 saturated carbocycles. The van der Waals surface area contributed by atoms with Crippen molar-refractivity contribution in [3.05, 3.63) is 47.7 Å². The summed E-state index contributed by atoms with van der Waals surface area (Å²) in [6.07, 6.45) is 1.63. The summed E-state index contributed by atoms with van der Waals surface area (Å²) in [5, 5.41) is 2.93. The Kier molecular flexibility index (Phi) is 5.19. The monoisotopic (exact) mass is 340 g/mol. The Hall–Kier alpha value is -2.60. The molecule has 1 N–H and O–H groups in total. The highest BCUT2D eigenvalue weighted by molar-refractivity contribution is 6.06. The van der Waals surface area contributed by atoms with Crippen LogP contribution in [0.3, 0.4) is 0 Å². The van der Waals surface area contributed by atoms with Crippen molar-refractivity contribution in [2.24, 2.45) is 0 Å². The summed E-state index contributed by atoms with van der Waals surface area (Å²) in [5.41, 5.74) is 3.24. The third kappa shape index (κ3) is 3.91. The fraction of sp³-hybridized carbons (Fsp3) is 0.368. The first-order valence-electron chi connectivity index (χ1n) is 8.43. The molecule has 0 atom stereocenters. The molecule has 6 heteroatoms. The van der Waals surface area contributed by atoms with Crippen LogP contribution in [0.5, 0.6) is 5.88 Å². The van der Waals surface area contributed by atoms with Crippen molar-refractivity contribution < 1.29 is 9.53 Å². The van der Waals surface area contributed by atoms with Gasteiger partial charge in [0.2, 0.25) is 5.88 Å². The summed E-state index contributed by atoms with van der Waals surface area (Å²) in [6.45, 7) is 6.05. The number of benzene rings is 1. The molecule has 0 bridgehead atoms. The van der Waals surface area contributed by atoms with Crippen LogP contribution >= 0.6 is 0 Å². The number of amides is 1. The van der Waals surface area contributed by atoms with Crippen LogP contribution in [0, 0.1) is 6.92 Å². The van der Waals surface area contributed by atoms with E-state index >= 15 is 0 Å². The molecule has 0 spiro atoms. The molecule has 1 aromatic carbocycles. The van der Waals surface area contributed by atoms with Crippen LogP contribution < -0.4 is 15.0 Å². The number of rotatable bonds is 4. The van der Waals surface area contributed by atoms with Gasteiger partial charge in [0.1, 0.15) is 5.56 Å². The zero-order valence-corrected chi connectivity index (χ0v) is 15.0. The van der Waals surface area contributed by atoms with Crippen molar-refractivity contribution in [1.82, 2.24) is 9.88 Å². The van der Waals surface area contributed by atoms with E-state index in [4.69, 9.17) is 4.74 Å². The molecule has 0 radical (unpaired) electrons. The maximum Gasteiger partial charge on any atom is 0.261 e. The lowest BCUT2D eigenvalue weighted by atomic mass is 10.1. The first-order chi connectivity index (χ1) is 12.1. The van der Waals surface area contributed by atoms with Gasteiger partial charge in [-0.3, -0.25) is 4.79 Å². The smallest absolute Gasteiger partial charge is 0.261 e. The fourth-order valence-corrected chi connectivity index (χ4v) is 2.98. The van der Waals surface area contributed by atoms with Gasteiger partial charge in [-0.25, -0.2) is 4.98 Å². The number of carbonyl (C=O) groups excluding carboxylic acids is 1. The lowest BCUT2D eigenvalue weighted by molar-refractivity contribution is 0.102. The Labute approximate surface area is 148 Å². The molecule has 1 fully saturated rings. The van der Waals surface area contributed by atoms with Gasteiger partial charge < -0.3 is 19.9 Å². The van der Waals surface area contributed by atoms with Crippen LogP contribution in [0.1, 0.15) is 15.9 Å². The highest BCUT2D eigenvalue weighted by Gasteiger charge is 2.17. The van der Waals surface area contributed by atoms with E-state index in [9.17, 15) is 4.79 Å². The van der Waals surface area contributed by atoms with Gasteiger partial charge in [-0.2, -0.15) is 0 Å². The Balaban J connectivity index is 1.70. The summed E-state index contributed by atoms with van der Waals surface area (Å²) in [5.74, 6) is 0.126. The van der Waals surface area contributed by atoms with Gasteiger partial charge in [-0.1, -0.05) is 0 Å². The molecule has 25 heavy (non-hydrogen) atoms. The topological polar surface area (TPSA) is 57.7 Å². The van der Waals surface area contributed by atoms with Crippen LogP contribution in [0.2, 0.25) is 0 Å². The second-order valence-corrected chi connectivity index (χ2v) is 6.30. The largest absolute Gasteiger partial charge is 0.480 e. The molecule has 1 aliphatic rings. The Morgan fingerprint density at radius 3 is 2.44 bits per heavy atom. The van der Waals surface area contributed by atoms with Gasteiger partial charge in [-0.15, -0.1) is 0 Å². The molecule has 1 amide bonds. The van der Waals surface area contributed by atoms with E-state index in [1.165, 1.54) is 12.8 Å². The van der Waals surface area contributed by atoms with Crippen molar-refractivity contribution >= 4 is 17.3 Å². The third-order valence-electron chi connectivity index (χ3n) is 4.54. The molecule has 1 saturated heterocycles. The minimum atomic E-state index is -0.213. The number of likely N-dealkylation sites (N-methyl/N-ethyl adjacent to an activating group) is 1. The van der Waals surface area contributed by atoms with E-state index in [0.717, 1.165) is 37.4 Å². The highest BCUT2D eigenvalue weighted by atomic mass is 16.5. The van der Waals surface area contributed by atoms with Crippen molar-refractivity contribution in [1.29, 1.82) is 0 Å². The molecule has 6 nitrogen and oxygen atoms in total. The van der Waals surface area contributed by atoms with Crippen LogP contribution in [0.4, 0.5) is 11.4 Å². The van der Waals surface area contributed by atoms with Crippen LogP contribution in [-0.4, -0.2) is 56.1 Å². The van der Waals surface area contributed by atoms with E-state index in [1.807, 2.05) is 31.2 Å². The Bertz CT molecular complexity index is 738. The quantitative estimate of drug-likeness (QED) is 0.926. The zero-order valence-electron chi connectivity index (χ0n) is 15.0. The van der Waals surface area contributed by atoms with Crippen LogP contribution in [0.15, 0.2) is 36.5 Å². The van der Waals surface area contributed by atoms with Crippen LogP contribution in [0.25, 0.3) is 0 Å². The van der Waals surface area contributed by atoms with E-state index in [0.29, 0.717) is 11.4 Å². The van der Waals surface area contributed by atoms with Crippen molar-refractivity contribution in [2.75, 3.05) is 50.6 Å². The van der Waals surface area contributed by atoms with Crippen LogP contribution in [-0.2, 0) is 0 Å². The molecular weight excluding hydrogens is 316 g/mol. The second-order valence-electron chi connectivity index (χ2n) is 6.30. The zero-order chi connectivity index (χ0) is 17.8. The van der Waals surface area contributed by atoms with Gasteiger partial charge in [0.05, 0.1) is 7.11 Å². The number of nitrogens with zero attached hydrogens (tertiary/aromatic N) is 3. The van der Waals surface area contributed by atoms with E-state index in [1.54, 1.807) is 12.3 Å². The van der Waals surface area contributed by atoms with E-state index in [-0.39, 0.29) is 5.91 Å². The fourth-order valence-electron chi connectivity index (χ4n) is 2.98. The predicted molar refractivity (Wildman–Crippen MR) is 99.6 cm³/mol. The molecule has 0 unspecified atom stereocenters. The standard InChI is InChI=1S/C19H24N4O2/c1-14-8-9-20-19(25-3)17(14)18(24)21-15-4-6-16(7-5-15)23-12-10-22(2)11-13-23/h4-9H,10-13H2,1-3H3,(H,21,24). The number of piperazine rings is 1. The lowest BCUT2D eigenvalue weighted by Crippen LogP contribution is -2.44. The average Bonchev–Trinajstić information content (AvgIpc) is 2.62. The molecule has 132 valence electrons. The summed E-state index contributed by atoms with van der Waals surface area (Å²) in [6, 6.07) is 9.77. The van der Waals surface area contributed by atoms with Crippen molar-refractivity contribution in [3.8, 4) is 5.88 Å². The van der Waals surface area contributed by atoms with Gasteiger partial charge in [0.15, 0.2) is 0 Å². The number of pyridine rings is 1. The molecule has 3 rings (SSSR count). The molecule has 2 heterocycles. The lowest BCUT2D eigenvalue weighted by Gasteiger charge is -2.34. The highest BCUT2D eigenvalue weighted by Crippen LogP contribution is 2.22. The number of hydrogen-bond acceptors (Lipinski definition) is 5. The number of aryl methyl sites for hydroxylation is 1. The van der Waals surface area contributed by atoms with Gasteiger partial charge in [0.25, 0.3) is 5.91 Å². The number of ether oxygens (including phenoxy) is 1. The number of methoxy groups -OCH3 is 1. The number of nitrogens with one attached hydrogen (secondary N) is 1. The predicted octanol–water partition coefficient (Wildman–Crippen LogP) is 2.40. The number of hydrogen-bond donors (Lipinski definition) is 1. The Morgan fingerprint density at radius 2 is 1.80 bits per heavy atom. The number of aromatic nitrogens is 1. The summed E-state index contributed by atoms with van der Waals surface area (Å²) in [7, 11) is 3.66. The third-order valence-corrected chi connectivity index (χ3v) is 4.54. The maximum absolute atomic E-state index is 12.6. The average molecular weight is 340 g/mol. The van der Waals surface area contributed by atoms with Crippen molar-refractivity contribution in [2.45, 2.75) is 6.92 Å². The first kappa shape index (κ1) is 17.2. The maximum atomic E-state index is 12.6. The van der Waals surface area contributed by atoms with Gasteiger partial charge >= 0.3 is 0 Å². The summed E-state index contributed by atoms with van der Waals surface area (Å²) in [4.78, 5) is 21.4. The van der Waals surface area contributed by atoms with E-state index in [2.05, 4.69) is 27.1 Å². The Morgan fingerprint density at radius 1 is 1.12 bits per heavy atom. The van der Waals surface area contributed by atoms with Gasteiger partial charge in [-0.05, 0) is 49.9 Å². The van der Waals surface area contributed by atoms with E-state index < -0.39 is 0 Å². The minimum absolute atomic E-state index is 0.213. The summed E-state index contributed by atoms with van der Waals surface area (Å²) < 4.78 is 5.21. The second kappa shape index (κ2) is 7.53. The first-order valence-corrected chi connectivity index (χ1v) is 8.43. The molecule has 0 aliphatic carbocycles. The SMILES string of the molecule is COc1nccc(C)c1C(=O)Nc1ccc(N2CCN(C)CC2)cc1. The summed E-state index contributed by atoms with van der Waals surface area (Å²) >= 11 is 0. The minimum Gasteiger partial charge on any atom is -0.480 e. The molecule has 1 aliphatic heterocycles. The number of anilines is 2. The molecule has 2 aromatic rings. The number of carbonyl (C=O) groups is 1. The molecular formula is C19H24N4O2. The molecule has 1 aromatic heterocycles.